The molecule has 1 saturated heterocycles. The second-order valence-electron chi connectivity index (χ2n) is 8.14. The highest BCUT2D eigenvalue weighted by atomic mass is 79.9. The number of anilines is 1. The predicted molar refractivity (Wildman–Crippen MR) is 153 cm³/mol. The molecule has 7 nitrogen and oxygen atoms in total. The molecule has 1 fully saturated rings. The first-order valence-electron chi connectivity index (χ1n) is 11.0. The van der Waals surface area contributed by atoms with Crippen molar-refractivity contribution >= 4 is 84.8 Å². The topological polar surface area (TPSA) is 104 Å². The summed E-state index contributed by atoms with van der Waals surface area (Å²) in [5.74, 6) is -1.48. The summed E-state index contributed by atoms with van der Waals surface area (Å²) < 4.78 is 1.36. The molecule has 4 aromatic rings. The summed E-state index contributed by atoms with van der Waals surface area (Å²) in [4.78, 5) is 27.8. The fourth-order valence-electron chi connectivity index (χ4n) is 3.90. The van der Waals surface area contributed by atoms with Gasteiger partial charge >= 0.3 is 5.91 Å². The minimum atomic E-state index is -0.976. The second kappa shape index (κ2) is 11.1. The zero-order valence-electron chi connectivity index (χ0n) is 19.1. The largest absolute Gasteiger partial charge is 0.508 e. The van der Waals surface area contributed by atoms with E-state index in [1.54, 1.807) is 48.5 Å². The SMILES string of the molecule is O=C1C(=O)N(c2nnc(SCc3ccc(Cl)cc3Cl)s2)C(c2ccc(O)cc2)/C1=C(/O)c1ccc(Br)cc1. The molecule has 1 amide bonds. The molecule has 0 radical (unpaired) electrons. The number of aliphatic hydroxyl groups is 1. The number of thioether (sulfide) groups is 1. The summed E-state index contributed by atoms with van der Waals surface area (Å²) in [6.07, 6.45) is 0. The fourth-order valence-corrected chi connectivity index (χ4v) is 6.59. The van der Waals surface area contributed by atoms with Crippen LogP contribution >= 0.6 is 62.2 Å². The Bertz CT molecular complexity index is 1580. The third kappa shape index (κ3) is 5.32. The van der Waals surface area contributed by atoms with E-state index in [2.05, 4.69) is 26.1 Å². The van der Waals surface area contributed by atoms with Crippen molar-refractivity contribution in [3.05, 3.63) is 104 Å². The van der Waals surface area contributed by atoms with Crippen molar-refractivity contribution in [3.8, 4) is 5.75 Å². The fraction of sp³-hybridized carbons (Fsp3) is 0.0769. The molecule has 0 aliphatic carbocycles. The molecule has 12 heteroatoms. The van der Waals surface area contributed by atoms with Gasteiger partial charge < -0.3 is 10.2 Å². The highest BCUT2D eigenvalue weighted by molar-refractivity contribution is 9.10. The number of amides is 1. The van der Waals surface area contributed by atoms with E-state index in [4.69, 9.17) is 23.2 Å². The van der Waals surface area contributed by atoms with E-state index >= 15 is 0 Å². The first-order valence-corrected chi connectivity index (χ1v) is 14.3. The number of carbonyl (C=O) groups excluding carboxylic acids is 2. The maximum Gasteiger partial charge on any atom is 0.301 e. The molecule has 0 spiro atoms. The predicted octanol–water partition coefficient (Wildman–Crippen LogP) is 7.23. The van der Waals surface area contributed by atoms with Crippen molar-refractivity contribution in [1.82, 2.24) is 10.2 Å². The highest BCUT2D eigenvalue weighted by Gasteiger charge is 2.48. The number of halogens is 3. The molecule has 3 aromatic carbocycles. The van der Waals surface area contributed by atoms with Crippen molar-refractivity contribution in [2.45, 2.75) is 16.1 Å². The maximum absolute atomic E-state index is 13.3. The van der Waals surface area contributed by atoms with Crippen LogP contribution in [-0.2, 0) is 15.3 Å². The lowest BCUT2D eigenvalue weighted by molar-refractivity contribution is -0.132. The Labute approximate surface area is 243 Å². The third-order valence-corrected chi connectivity index (χ3v) is 8.96. The van der Waals surface area contributed by atoms with Crippen LogP contribution in [-0.4, -0.2) is 32.1 Å². The van der Waals surface area contributed by atoms with Crippen LogP contribution in [0.15, 0.2) is 81.1 Å². The number of nitrogens with zero attached hydrogens (tertiary/aromatic N) is 3. The summed E-state index contributed by atoms with van der Waals surface area (Å²) in [5, 5.41) is 30.6. The van der Waals surface area contributed by atoms with E-state index in [1.807, 2.05) is 6.07 Å². The number of carbonyl (C=O) groups is 2. The number of benzene rings is 3. The Morgan fingerprint density at radius 2 is 1.74 bits per heavy atom. The molecular formula is C26H16BrCl2N3O4S2. The molecule has 1 aliphatic rings. The number of ketones is 1. The summed E-state index contributed by atoms with van der Waals surface area (Å²) in [5.41, 5.74) is 1.67. The Balaban J connectivity index is 1.52. The second-order valence-corrected chi connectivity index (χ2v) is 12.1. The van der Waals surface area contributed by atoms with Crippen molar-refractivity contribution in [1.29, 1.82) is 0 Å². The van der Waals surface area contributed by atoms with Gasteiger partial charge in [0.2, 0.25) is 5.13 Å². The van der Waals surface area contributed by atoms with Crippen LogP contribution in [0.5, 0.6) is 5.75 Å². The lowest BCUT2D eigenvalue weighted by atomic mass is 9.95. The first kappa shape index (κ1) is 26.7. The monoisotopic (exact) mass is 647 g/mol. The molecule has 2 N–H and O–H groups in total. The number of phenolic OH excluding ortho intramolecular Hbond substituents is 1. The maximum atomic E-state index is 13.3. The number of hydrogen-bond acceptors (Lipinski definition) is 8. The molecule has 2 heterocycles. The number of aromatic nitrogens is 2. The number of hydrogen-bond donors (Lipinski definition) is 2. The molecule has 1 atom stereocenters. The van der Waals surface area contributed by atoms with Crippen molar-refractivity contribution in [2.24, 2.45) is 0 Å². The standard InChI is InChI=1S/C26H16BrCl2N3O4S2/c27-16-6-1-14(2-7-16)22(34)20-21(13-4-9-18(33)10-5-13)32(24(36)23(20)35)25-30-31-26(38-25)37-12-15-3-8-17(28)11-19(15)29/h1-11,21,33-34H,12H2/b22-20-. The van der Waals surface area contributed by atoms with Crippen molar-refractivity contribution in [3.63, 3.8) is 0 Å². The van der Waals surface area contributed by atoms with Crippen LogP contribution in [0.4, 0.5) is 5.13 Å². The van der Waals surface area contributed by atoms with Gasteiger partial charge in [-0.05, 0) is 47.5 Å². The van der Waals surface area contributed by atoms with Gasteiger partial charge in [0.25, 0.3) is 5.78 Å². The smallest absolute Gasteiger partial charge is 0.301 e. The Morgan fingerprint density at radius 3 is 2.42 bits per heavy atom. The molecule has 1 aromatic heterocycles. The lowest BCUT2D eigenvalue weighted by Crippen LogP contribution is -2.29. The van der Waals surface area contributed by atoms with Gasteiger partial charge in [-0.25, -0.2) is 0 Å². The van der Waals surface area contributed by atoms with Gasteiger partial charge in [-0.1, -0.05) is 92.6 Å². The zero-order valence-corrected chi connectivity index (χ0v) is 23.9. The minimum Gasteiger partial charge on any atom is -0.508 e. The quantitative estimate of drug-likeness (QED) is 0.0747. The molecular weight excluding hydrogens is 633 g/mol. The Kier molecular flexibility index (Phi) is 7.78. The minimum absolute atomic E-state index is 0.0223. The van der Waals surface area contributed by atoms with Gasteiger partial charge in [0.15, 0.2) is 4.34 Å². The molecule has 1 unspecified atom stereocenters. The molecule has 1 aliphatic heterocycles. The first-order chi connectivity index (χ1) is 18.2. The van der Waals surface area contributed by atoms with E-state index in [9.17, 15) is 19.8 Å². The molecule has 5 rings (SSSR count). The summed E-state index contributed by atoms with van der Waals surface area (Å²) in [6, 6.07) is 17.1. The van der Waals surface area contributed by atoms with E-state index in [0.717, 1.165) is 21.4 Å². The van der Waals surface area contributed by atoms with Crippen LogP contribution in [0.1, 0.15) is 22.7 Å². The van der Waals surface area contributed by atoms with E-state index in [1.165, 1.54) is 28.8 Å². The zero-order chi connectivity index (χ0) is 27.0. The van der Waals surface area contributed by atoms with Crippen LogP contribution in [0, 0.1) is 0 Å². The van der Waals surface area contributed by atoms with E-state index in [0.29, 0.717) is 31.3 Å². The average molecular weight is 649 g/mol. The third-order valence-electron chi connectivity index (χ3n) is 5.74. The summed E-state index contributed by atoms with van der Waals surface area (Å²) in [7, 11) is 0. The lowest BCUT2D eigenvalue weighted by Gasteiger charge is -2.22. The molecule has 0 bridgehead atoms. The normalized spacial score (nSPS) is 16.8. The van der Waals surface area contributed by atoms with Crippen LogP contribution in [0.3, 0.4) is 0 Å². The van der Waals surface area contributed by atoms with Crippen molar-refractivity contribution in [2.75, 3.05) is 4.90 Å². The van der Waals surface area contributed by atoms with Crippen LogP contribution in [0.25, 0.3) is 5.76 Å². The Hall–Kier alpha value is -2.89. The van der Waals surface area contributed by atoms with Gasteiger partial charge in [0.05, 0.1) is 11.6 Å². The summed E-state index contributed by atoms with van der Waals surface area (Å²) in [6.45, 7) is 0. The van der Waals surface area contributed by atoms with Crippen molar-refractivity contribution < 1.29 is 19.8 Å². The van der Waals surface area contributed by atoms with Gasteiger partial charge in [-0.3, -0.25) is 14.5 Å². The van der Waals surface area contributed by atoms with Gasteiger partial charge in [0, 0.05) is 25.8 Å². The summed E-state index contributed by atoms with van der Waals surface area (Å²) >= 11 is 18.1. The van der Waals surface area contributed by atoms with Gasteiger partial charge in [-0.15, -0.1) is 10.2 Å². The van der Waals surface area contributed by atoms with E-state index in [-0.39, 0.29) is 22.2 Å². The number of rotatable bonds is 6. The van der Waals surface area contributed by atoms with E-state index < -0.39 is 17.7 Å². The number of aliphatic hydroxyl groups excluding tert-OH is 1. The number of Topliss-reactive ketones (excluding diaryl/α,β-unsaturated/α-hetero) is 1. The molecule has 38 heavy (non-hydrogen) atoms. The molecule has 0 saturated carbocycles. The van der Waals surface area contributed by atoms with Crippen LogP contribution in [0.2, 0.25) is 10.0 Å². The van der Waals surface area contributed by atoms with Gasteiger partial charge in [-0.2, -0.15) is 0 Å². The molecule has 192 valence electrons. The highest BCUT2D eigenvalue weighted by Crippen LogP contribution is 2.44. The number of aromatic hydroxyl groups is 1. The average Bonchev–Trinajstić information content (AvgIpc) is 3.46. The van der Waals surface area contributed by atoms with Gasteiger partial charge in [0.1, 0.15) is 11.5 Å². The van der Waals surface area contributed by atoms with Crippen LogP contribution < -0.4 is 4.90 Å². The number of phenols is 1. The Morgan fingerprint density at radius 1 is 1.03 bits per heavy atom.